The lowest BCUT2D eigenvalue weighted by Crippen LogP contribution is -2.44. The van der Waals surface area contributed by atoms with Crippen LogP contribution in [0.1, 0.15) is 71.2 Å². The van der Waals surface area contributed by atoms with Crippen molar-refractivity contribution in [3.8, 4) is 0 Å². The van der Waals surface area contributed by atoms with E-state index in [0.717, 1.165) is 0 Å². The minimum atomic E-state index is -0.867. The summed E-state index contributed by atoms with van der Waals surface area (Å²) in [6.45, 7) is 10.6. The van der Waals surface area contributed by atoms with E-state index in [1.807, 2.05) is 0 Å². The van der Waals surface area contributed by atoms with Gasteiger partial charge < -0.3 is 24.8 Å². The highest BCUT2D eigenvalue weighted by molar-refractivity contribution is 5.99. The Hall–Kier alpha value is -3.63. The van der Waals surface area contributed by atoms with Crippen LogP contribution in [0.25, 0.3) is 0 Å². The fraction of sp³-hybridized carbons (Fsp3) is 0.542. The van der Waals surface area contributed by atoms with E-state index in [9.17, 15) is 19.2 Å². The summed E-state index contributed by atoms with van der Waals surface area (Å²) in [6.07, 6.45) is -0.305. The molecule has 0 bridgehead atoms. The summed E-state index contributed by atoms with van der Waals surface area (Å²) < 4.78 is 15.0. The van der Waals surface area contributed by atoms with Gasteiger partial charge >= 0.3 is 18.2 Å². The van der Waals surface area contributed by atoms with Crippen molar-refractivity contribution in [3.63, 3.8) is 0 Å². The average Bonchev–Trinajstić information content (AvgIpc) is 2.70. The third kappa shape index (κ3) is 13.6. The largest absolute Gasteiger partial charge is 0.465 e. The molecule has 1 rings (SSSR count). The molecule has 1 aromatic rings. The Labute approximate surface area is 206 Å². The lowest BCUT2D eigenvalue weighted by molar-refractivity contribution is -0.116. The number of nitrogens with one attached hydrogen (secondary N) is 3. The fourth-order valence-electron chi connectivity index (χ4n) is 2.54. The molecule has 0 aromatic heterocycles. The summed E-state index contributed by atoms with van der Waals surface area (Å²) in [5.74, 6) is -0.750. The number of nitrogens with zero attached hydrogens (tertiary/aromatic N) is 1. The number of unbranched alkanes of at least 4 members (excludes halogenated alkanes) is 1. The molecule has 0 spiro atoms. The lowest BCUT2D eigenvalue weighted by atomic mass is 10.2. The summed E-state index contributed by atoms with van der Waals surface area (Å²) in [5.41, 5.74) is -0.520. The van der Waals surface area contributed by atoms with Crippen molar-refractivity contribution >= 4 is 35.7 Å². The highest BCUT2D eigenvalue weighted by atomic mass is 16.6. The van der Waals surface area contributed by atoms with Gasteiger partial charge in [0.05, 0.1) is 12.7 Å². The first kappa shape index (κ1) is 29.4. The Balaban J connectivity index is 2.55. The first-order valence-electron chi connectivity index (χ1n) is 11.2. The van der Waals surface area contributed by atoms with E-state index in [1.54, 1.807) is 65.8 Å². The molecule has 0 saturated carbocycles. The van der Waals surface area contributed by atoms with Crippen LogP contribution in [-0.2, 0) is 19.0 Å². The molecule has 0 unspecified atom stereocenters. The van der Waals surface area contributed by atoms with Crippen LogP contribution in [0.4, 0.5) is 15.3 Å². The van der Waals surface area contributed by atoms with Crippen molar-refractivity contribution in [1.29, 1.82) is 0 Å². The predicted octanol–water partition coefficient (Wildman–Crippen LogP) is 3.99. The number of methoxy groups -OCH3 is 1. The first-order chi connectivity index (χ1) is 16.2. The second-order valence-corrected chi connectivity index (χ2v) is 9.57. The van der Waals surface area contributed by atoms with Gasteiger partial charge in [0.15, 0.2) is 0 Å². The highest BCUT2D eigenvalue weighted by Gasteiger charge is 2.20. The number of alkyl carbamates (subject to hydrolysis) is 1. The Morgan fingerprint density at radius 1 is 0.886 bits per heavy atom. The maximum absolute atomic E-state index is 12.2. The monoisotopic (exact) mass is 492 g/mol. The van der Waals surface area contributed by atoms with Crippen LogP contribution in [0.15, 0.2) is 29.3 Å². The van der Waals surface area contributed by atoms with E-state index in [0.29, 0.717) is 30.6 Å². The highest BCUT2D eigenvalue weighted by Crippen LogP contribution is 2.12. The van der Waals surface area contributed by atoms with Crippen molar-refractivity contribution in [1.82, 2.24) is 10.6 Å². The van der Waals surface area contributed by atoms with Crippen LogP contribution < -0.4 is 16.0 Å². The van der Waals surface area contributed by atoms with Crippen molar-refractivity contribution in [3.05, 3.63) is 29.8 Å². The number of carbonyl (C=O) groups is 4. The van der Waals surface area contributed by atoms with E-state index in [-0.39, 0.29) is 18.3 Å². The number of hydrogen-bond acceptors (Lipinski definition) is 7. The first-order valence-corrected chi connectivity index (χ1v) is 11.2. The minimum Gasteiger partial charge on any atom is -0.465 e. The molecule has 0 aliphatic carbocycles. The molecule has 194 valence electrons. The van der Waals surface area contributed by atoms with E-state index >= 15 is 0 Å². The van der Waals surface area contributed by atoms with Crippen molar-refractivity contribution < 1.29 is 33.4 Å². The van der Waals surface area contributed by atoms with Crippen molar-refractivity contribution in [2.45, 2.75) is 72.0 Å². The Bertz CT molecular complexity index is 913. The van der Waals surface area contributed by atoms with Crippen LogP contribution in [0.5, 0.6) is 0 Å². The van der Waals surface area contributed by atoms with Crippen LogP contribution in [0.2, 0.25) is 0 Å². The number of esters is 1. The molecular weight excluding hydrogens is 456 g/mol. The smallest absolute Gasteiger partial charge is 0.437 e. The molecule has 11 nitrogen and oxygen atoms in total. The molecule has 0 radical (unpaired) electrons. The van der Waals surface area contributed by atoms with Gasteiger partial charge in [0.1, 0.15) is 11.2 Å². The molecule has 1 aromatic carbocycles. The van der Waals surface area contributed by atoms with Gasteiger partial charge in [-0.3, -0.25) is 10.1 Å². The van der Waals surface area contributed by atoms with Crippen LogP contribution in [0, 0.1) is 0 Å². The molecule has 0 aliphatic rings. The summed E-state index contributed by atoms with van der Waals surface area (Å²) in [6, 6.07) is 6.37. The quantitative estimate of drug-likeness (QED) is 0.170. The maximum atomic E-state index is 12.2. The number of guanidine groups is 1. The fourth-order valence-corrected chi connectivity index (χ4v) is 2.54. The number of rotatable bonds is 7. The Morgan fingerprint density at radius 3 is 2.03 bits per heavy atom. The summed E-state index contributed by atoms with van der Waals surface area (Å²) in [5, 5.41) is 8.02. The van der Waals surface area contributed by atoms with Crippen LogP contribution in [-0.4, -0.2) is 54.9 Å². The Kier molecular flexibility index (Phi) is 11.2. The zero-order chi connectivity index (χ0) is 26.6. The number of benzene rings is 1. The molecule has 11 heteroatoms. The molecule has 0 aliphatic heterocycles. The third-order valence-corrected chi connectivity index (χ3v) is 3.93. The molecule has 0 heterocycles. The molecule has 3 N–H and O–H groups in total. The average molecular weight is 493 g/mol. The van der Waals surface area contributed by atoms with E-state index < -0.39 is 29.4 Å². The number of anilines is 1. The molecule has 0 atom stereocenters. The van der Waals surface area contributed by atoms with Gasteiger partial charge in [-0.05, 0) is 78.6 Å². The minimum absolute atomic E-state index is 0.108. The number of aliphatic imine (C=N–C) groups is 1. The molecular formula is C24H36N4O7. The summed E-state index contributed by atoms with van der Waals surface area (Å²) in [7, 11) is 1.30. The van der Waals surface area contributed by atoms with Crippen LogP contribution >= 0.6 is 0 Å². The third-order valence-electron chi connectivity index (χ3n) is 3.93. The normalized spacial score (nSPS) is 11.8. The summed E-state index contributed by atoms with van der Waals surface area (Å²) >= 11 is 0. The number of ether oxygens (including phenoxy) is 3. The predicted molar refractivity (Wildman–Crippen MR) is 131 cm³/mol. The van der Waals surface area contributed by atoms with E-state index in [4.69, 9.17) is 9.47 Å². The van der Waals surface area contributed by atoms with Crippen LogP contribution in [0.3, 0.4) is 0 Å². The van der Waals surface area contributed by atoms with E-state index in [2.05, 4.69) is 25.7 Å². The lowest BCUT2D eigenvalue weighted by Gasteiger charge is -2.21. The zero-order valence-electron chi connectivity index (χ0n) is 21.4. The standard InChI is InChI=1S/C24H36N4O7/c1-23(2,3)34-21(31)27-20(28-22(32)35-24(4,5)6)25-15-9-8-10-18(29)26-17-13-11-16(12-14-17)19(30)33-7/h11-14H,8-10,15H2,1-7H3,(H,26,29)(H2,25,27,28,31,32). The summed E-state index contributed by atoms with van der Waals surface area (Å²) in [4.78, 5) is 51.5. The molecule has 3 amide bonds. The topological polar surface area (TPSA) is 144 Å². The van der Waals surface area contributed by atoms with Crippen molar-refractivity contribution in [2.24, 2.45) is 4.99 Å². The van der Waals surface area contributed by atoms with Gasteiger partial charge in [0, 0.05) is 18.7 Å². The van der Waals surface area contributed by atoms with Gasteiger partial charge in [-0.1, -0.05) is 0 Å². The SMILES string of the molecule is COC(=O)c1ccc(NC(=O)CCCCN/C(=N/C(=O)OC(C)(C)C)NC(=O)OC(C)(C)C)cc1. The number of amides is 3. The second kappa shape index (κ2) is 13.3. The van der Waals surface area contributed by atoms with Crippen molar-refractivity contribution in [2.75, 3.05) is 19.0 Å². The number of hydrogen-bond donors (Lipinski definition) is 3. The zero-order valence-corrected chi connectivity index (χ0v) is 21.4. The second-order valence-electron chi connectivity index (χ2n) is 9.57. The Morgan fingerprint density at radius 2 is 1.49 bits per heavy atom. The van der Waals surface area contributed by atoms with Gasteiger partial charge in [-0.2, -0.15) is 0 Å². The molecule has 0 saturated heterocycles. The van der Waals surface area contributed by atoms with Gasteiger partial charge in [-0.25, -0.2) is 14.4 Å². The van der Waals surface area contributed by atoms with Gasteiger partial charge in [0.25, 0.3) is 0 Å². The van der Waals surface area contributed by atoms with Gasteiger partial charge in [-0.15, -0.1) is 4.99 Å². The van der Waals surface area contributed by atoms with Gasteiger partial charge in [0.2, 0.25) is 11.9 Å². The molecule has 0 fully saturated rings. The maximum Gasteiger partial charge on any atom is 0.437 e. The number of carbonyl (C=O) groups excluding carboxylic acids is 4. The molecule has 35 heavy (non-hydrogen) atoms. The van der Waals surface area contributed by atoms with E-state index in [1.165, 1.54) is 7.11 Å².